The van der Waals surface area contributed by atoms with Crippen molar-refractivity contribution in [3.05, 3.63) is 33.3 Å². The number of hydrogen-bond acceptors (Lipinski definition) is 1. The van der Waals surface area contributed by atoms with E-state index in [1.165, 1.54) is 0 Å². The van der Waals surface area contributed by atoms with Crippen molar-refractivity contribution in [3.8, 4) is 0 Å². The fourth-order valence-electron chi connectivity index (χ4n) is 2.56. The molecule has 0 aromatic heterocycles. The standard InChI is InChI=1S/C14H14BrClF3NO/c15-11-6-2-5-10(12(11)16)13(21)20-9-4-1-3-8(7-9)14(17,18)19/h2,5-6,8-9H,1,3-4,7H2,(H,20,21). The van der Waals surface area contributed by atoms with Gasteiger partial charge in [0.2, 0.25) is 0 Å². The molecule has 2 unspecified atom stereocenters. The number of nitrogens with one attached hydrogen (secondary N) is 1. The molecule has 1 amide bonds. The minimum atomic E-state index is -4.20. The molecule has 116 valence electrons. The van der Waals surface area contributed by atoms with Gasteiger partial charge in [0.05, 0.1) is 16.5 Å². The monoisotopic (exact) mass is 383 g/mol. The molecule has 1 N–H and O–H groups in total. The average Bonchev–Trinajstić information content (AvgIpc) is 2.41. The topological polar surface area (TPSA) is 29.1 Å². The Morgan fingerprint density at radius 1 is 1.33 bits per heavy atom. The molecule has 0 bridgehead atoms. The number of carbonyl (C=O) groups is 1. The second-order valence-electron chi connectivity index (χ2n) is 5.18. The highest BCUT2D eigenvalue weighted by Gasteiger charge is 2.42. The lowest BCUT2D eigenvalue weighted by Crippen LogP contribution is -2.41. The Balaban J connectivity index is 2.04. The van der Waals surface area contributed by atoms with E-state index in [-0.39, 0.29) is 23.4 Å². The Morgan fingerprint density at radius 3 is 2.71 bits per heavy atom. The second kappa shape index (κ2) is 6.57. The quantitative estimate of drug-likeness (QED) is 0.768. The number of benzene rings is 1. The Bertz CT molecular complexity index is 535. The van der Waals surface area contributed by atoms with E-state index in [9.17, 15) is 18.0 Å². The molecule has 2 rings (SSSR count). The van der Waals surface area contributed by atoms with Crippen LogP contribution in [0, 0.1) is 5.92 Å². The van der Waals surface area contributed by atoms with Gasteiger partial charge in [-0.3, -0.25) is 4.79 Å². The summed E-state index contributed by atoms with van der Waals surface area (Å²) in [5.41, 5.74) is 0.264. The molecule has 21 heavy (non-hydrogen) atoms. The summed E-state index contributed by atoms with van der Waals surface area (Å²) < 4.78 is 38.8. The van der Waals surface area contributed by atoms with E-state index in [0.717, 1.165) is 0 Å². The van der Waals surface area contributed by atoms with Crippen molar-refractivity contribution in [1.29, 1.82) is 0 Å². The molecule has 1 saturated carbocycles. The lowest BCUT2D eigenvalue weighted by molar-refractivity contribution is -0.183. The zero-order valence-electron chi connectivity index (χ0n) is 11.0. The summed E-state index contributed by atoms with van der Waals surface area (Å²) in [5, 5.41) is 2.92. The number of alkyl halides is 3. The van der Waals surface area contributed by atoms with Gasteiger partial charge in [-0.05, 0) is 47.3 Å². The van der Waals surface area contributed by atoms with Gasteiger partial charge in [-0.15, -0.1) is 0 Å². The molecule has 0 aliphatic heterocycles. The molecule has 2 nitrogen and oxygen atoms in total. The van der Waals surface area contributed by atoms with Crippen molar-refractivity contribution in [2.45, 2.75) is 37.9 Å². The maximum absolute atomic E-state index is 12.8. The zero-order valence-corrected chi connectivity index (χ0v) is 13.4. The lowest BCUT2D eigenvalue weighted by atomic mass is 9.85. The summed E-state index contributed by atoms with van der Waals surface area (Å²) in [7, 11) is 0. The van der Waals surface area contributed by atoms with Crippen molar-refractivity contribution >= 4 is 33.4 Å². The van der Waals surface area contributed by atoms with Crippen molar-refractivity contribution in [1.82, 2.24) is 5.32 Å². The van der Waals surface area contributed by atoms with Gasteiger partial charge in [0, 0.05) is 10.5 Å². The van der Waals surface area contributed by atoms with Crippen LogP contribution >= 0.6 is 27.5 Å². The minimum Gasteiger partial charge on any atom is -0.349 e. The average molecular weight is 385 g/mol. The Hall–Kier alpha value is -0.750. The van der Waals surface area contributed by atoms with E-state index in [2.05, 4.69) is 21.2 Å². The van der Waals surface area contributed by atoms with Crippen LogP contribution in [0.25, 0.3) is 0 Å². The molecule has 2 atom stereocenters. The third-order valence-corrected chi connectivity index (χ3v) is 4.96. The molecule has 0 heterocycles. The first-order chi connectivity index (χ1) is 9.79. The maximum Gasteiger partial charge on any atom is 0.391 e. The second-order valence-corrected chi connectivity index (χ2v) is 6.41. The van der Waals surface area contributed by atoms with E-state index >= 15 is 0 Å². The van der Waals surface area contributed by atoms with Crippen LogP contribution < -0.4 is 5.32 Å². The van der Waals surface area contributed by atoms with Crippen molar-refractivity contribution < 1.29 is 18.0 Å². The predicted molar refractivity (Wildman–Crippen MR) is 78.4 cm³/mol. The zero-order chi connectivity index (χ0) is 15.6. The highest BCUT2D eigenvalue weighted by atomic mass is 79.9. The van der Waals surface area contributed by atoms with Gasteiger partial charge in [0.1, 0.15) is 0 Å². The van der Waals surface area contributed by atoms with Crippen LogP contribution in [0.2, 0.25) is 5.02 Å². The minimum absolute atomic E-state index is 0.0686. The van der Waals surface area contributed by atoms with Gasteiger partial charge < -0.3 is 5.32 Å². The molecule has 1 aliphatic rings. The smallest absolute Gasteiger partial charge is 0.349 e. The van der Waals surface area contributed by atoms with E-state index in [4.69, 9.17) is 11.6 Å². The summed E-state index contributed by atoms with van der Waals surface area (Å²) >= 11 is 9.23. The Kier molecular flexibility index (Phi) is 5.20. The van der Waals surface area contributed by atoms with Crippen LogP contribution in [0.3, 0.4) is 0 Å². The van der Waals surface area contributed by atoms with E-state index in [1.54, 1.807) is 18.2 Å². The van der Waals surface area contributed by atoms with Gasteiger partial charge in [-0.2, -0.15) is 13.2 Å². The fourth-order valence-corrected chi connectivity index (χ4v) is 3.14. The first kappa shape index (κ1) is 16.6. The number of rotatable bonds is 2. The van der Waals surface area contributed by atoms with Crippen LogP contribution in [0.4, 0.5) is 13.2 Å². The summed E-state index contributed by atoms with van der Waals surface area (Å²) in [5.74, 6) is -1.77. The summed E-state index contributed by atoms with van der Waals surface area (Å²) in [6.07, 6.45) is -3.11. The largest absolute Gasteiger partial charge is 0.391 e. The molecule has 1 aromatic rings. The Morgan fingerprint density at radius 2 is 2.05 bits per heavy atom. The SMILES string of the molecule is O=C(NC1CCCC(C(F)(F)F)C1)c1cccc(Br)c1Cl. The molecule has 0 saturated heterocycles. The molecular weight excluding hydrogens is 371 g/mol. The molecule has 7 heteroatoms. The predicted octanol–water partition coefficient (Wildman–Crippen LogP) is 4.95. The van der Waals surface area contributed by atoms with E-state index in [1.807, 2.05) is 0 Å². The molecule has 0 radical (unpaired) electrons. The van der Waals surface area contributed by atoms with E-state index < -0.39 is 24.0 Å². The van der Waals surface area contributed by atoms with E-state index in [0.29, 0.717) is 17.3 Å². The Labute approximate surface area is 134 Å². The fraction of sp³-hybridized carbons (Fsp3) is 0.500. The van der Waals surface area contributed by atoms with Crippen LogP contribution in [-0.4, -0.2) is 18.1 Å². The van der Waals surface area contributed by atoms with Crippen molar-refractivity contribution in [3.63, 3.8) is 0 Å². The number of hydrogen-bond donors (Lipinski definition) is 1. The third-order valence-electron chi connectivity index (χ3n) is 3.67. The normalized spacial score (nSPS) is 22.9. The summed E-state index contributed by atoms with van der Waals surface area (Å²) in [4.78, 5) is 12.1. The van der Waals surface area contributed by atoms with Crippen LogP contribution in [0.15, 0.2) is 22.7 Å². The third kappa shape index (κ3) is 4.13. The van der Waals surface area contributed by atoms with Gasteiger partial charge in [-0.1, -0.05) is 24.1 Å². The first-order valence-corrected chi connectivity index (χ1v) is 7.77. The first-order valence-electron chi connectivity index (χ1n) is 6.60. The molecular formula is C14H14BrClF3NO. The molecule has 1 aliphatic carbocycles. The highest BCUT2D eigenvalue weighted by Crippen LogP contribution is 2.37. The van der Waals surface area contributed by atoms with Crippen molar-refractivity contribution in [2.24, 2.45) is 5.92 Å². The molecule has 1 aromatic carbocycles. The van der Waals surface area contributed by atoms with Crippen LogP contribution in [-0.2, 0) is 0 Å². The maximum atomic E-state index is 12.8. The van der Waals surface area contributed by atoms with Gasteiger partial charge in [0.25, 0.3) is 5.91 Å². The van der Waals surface area contributed by atoms with Crippen LogP contribution in [0.5, 0.6) is 0 Å². The molecule has 1 fully saturated rings. The lowest BCUT2D eigenvalue weighted by Gasteiger charge is -2.31. The van der Waals surface area contributed by atoms with Gasteiger partial charge >= 0.3 is 6.18 Å². The van der Waals surface area contributed by atoms with Crippen LogP contribution in [0.1, 0.15) is 36.0 Å². The molecule has 0 spiro atoms. The highest BCUT2D eigenvalue weighted by molar-refractivity contribution is 9.10. The number of carbonyl (C=O) groups excluding carboxylic acids is 1. The number of amides is 1. The van der Waals surface area contributed by atoms with Gasteiger partial charge in [-0.25, -0.2) is 0 Å². The summed E-state index contributed by atoms with van der Waals surface area (Å²) in [6.45, 7) is 0. The number of halogens is 5. The van der Waals surface area contributed by atoms with Gasteiger partial charge in [0.15, 0.2) is 0 Å². The van der Waals surface area contributed by atoms with Crippen molar-refractivity contribution in [2.75, 3.05) is 0 Å². The summed E-state index contributed by atoms with van der Waals surface area (Å²) in [6, 6.07) is 4.43.